The second-order valence-corrected chi connectivity index (χ2v) is 4.88. The van der Waals surface area contributed by atoms with Crippen molar-refractivity contribution in [3.05, 3.63) is 51.3 Å². The van der Waals surface area contributed by atoms with Crippen molar-refractivity contribution in [2.75, 3.05) is 12.3 Å². The van der Waals surface area contributed by atoms with Crippen LogP contribution in [0.15, 0.2) is 24.4 Å². The summed E-state index contributed by atoms with van der Waals surface area (Å²) in [5.41, 5.74) is 6.86. The molecule has 0 aliphatic carbocycles. The average molecular weight is 340 g/mol. The molecule has 0 bridgehead atoms. The van der Waals surface area contributed by atoms with Crippen molar-refractivity contribution in [3.8, 4) is 0 Å². The predicted octanol–water partition coefficient (Wildman–Crippen LogP) is 1.99. The van der Waals surface area contributed by atoms with Gasteiger partial charge in [-0.2, -0.15) is 0 Å². The van der Waals surface area contributed by atoms with E-state index < -0.39 is 10.8 Å². The van der Waals surface area contributed by atoms with E-state index in [0.717, 1.165) is 5.69 Å². The number of aryl methyl sites for hydroxylation is 2. The van der Waals surface area contributed by atoms with Crippen molar-refractivity contribution in [2.24, 2.45) is 0 Å². The highest BCUT2D eigenvalue weighted by molar-refractivity contribution is 5.99. The van der Waals surface area contributed by atoms with Gasteiger partial charge >= 0.3 is 0 Å². The number of anilines is 1. The van der Waals surface area contributed by atoms with Crippen molar-refractivity contribution in [1.82, 2.24) is 15.3 Å². The second kappa shape index (κ2) is 8.14. The van der Waals surface area contributed by atoms with Gasteiger partial charge in [-0.05, 0) is 25.3 Å². The van der Waals surface area contributed by atoms with Crippen molar-refractivity contribution in [1.29, 1.82) is 0 Å². The second-order valence-electron chi connectivity index (χ2n) is 4.88. The molecule has 4 N–H and O–H groups in total. The molecule has 9 heteroatoms. The summed E-state index contributed by atoms with van der Waals surface area (Å²) in [5, 5.41) is 13.7. The average Bonchev–Trinajstić information content (AvgIpc) is 2.88. The maximum Gasteiger partial charge on any atom is 0.282 e. The van der Waals surface area contributed by atoms with E-state index in [-0.39, 0.29) is 23.7 Å². The summed E-state index contributed by atoms with van der Waals surface area (Å²) in [7, 11) is 0. The number of nitrogens with zero attached hydrogens (tertiary/aromatic N) is 2. The highest BCUT2D eigenvalue weighted by Gasteiger charge is 2.21. The fraction of sp³-hybridized carbons (Fsp3) is 0.286. The van der Waals surface area contributed by atoms with E-state index in [9.17, 15) is 14.9 Å². The molecule has 0 fully saturated rings. The maximum absolute atomic E-state index is 12.2. The summed E-state index contributed by atoms with van der Waals surface area (Å²) in [5.74, 6) is -0.0801. The van der Waals surface area contributed by atoms with E-state index in [4.69, 9.17) is 5.73 Å². The van der Waals surface area contributed by atoms with Gasteiger partial charge in [0.05, 0.1) is 11.1 Å². The van der Waals surface area contributed by atoms with E-state index in [1.54, 1.807) is 25.3 Å². The Morgan fingerprint density at radius 2 is 2.22 bits per heavy atom. The minimum atomic E-state index is -0.546. The number of hydrogen-bond acceptors (Lipinski definition) is 5. The molecule has 2 aromatic rings. The summed E-state index contributed by atoms with van der Waals surface area (Å²) < 4.78 is 0. The van der Waals surface area contributed by atoms with Crippen molar-refractivity contribution < 1.29 is 9.72 Å². The van der Waals surface area contributed by atoms with Crippen LogP contribution in [0.2, 0.25) is 0 Å². The number of imidazole rings is 1. The van der Waals surface area contributed by atoms with E-state index in [2.05, 4.69) is 15.3 Å². The number of aromatic nitrogens is 2. The van der Waals surface area contributed by atoms with Gasteiger partial charge in [-0.25, -0.2) is 4.98 Å². The Morgan fingerprint density at radius 3 is 2.83 bits per heavy atom. The molecule has 8 nitrogen and oxygen atoms in total. The van der Waals surface area contributed by atoms with Crippen LogP contribution in [-0.2, 0) is 6.42 Å². The van der Waals surface area contributed by atoms with Gasteiger partial charge in [0.1, 0.15) is 5.56 Å². The number of nitrogen functional groups attached to an aromatic ring is 1. The zero-order valence-electron chi connectivity index (χ0n) is 12.5. The van der Waals surface area contributed by atoms with E-state index in [1.807, 2.05) is 0 Å². The molecule has 0 unspecified atom stereocenters. The van der Waals surface area contributed by atoms with Gasteiger partial charge in [0.2, 0.25) is 0 Å². The maximum atomic E-state index is 12.2. The molecule has 23 heavy (non-hydrogen) atoms. The molecule has 1 amide bonds. The van der Waals surface area contributed by atoms with Crippen LogP contribution in [-0.4, -0.2) is 27.3 Å². The Bertz CT molecular complexity index is 701. The minimum absolute atomic E-state index is 0. The van der Waals surface area contributed by atoms with Gasteiger partial charge in [0.15, 0.2) is 5.95 Å². The normalized spacial score (nSPS) is 9.96. The third-order valence-electron chi connectivity index (χ3n) is 3.23. The zero-order chi connectivity index (χ0) is 16.1. The predicted molar refractivity (Wildman–Crippen MR) is 88.7 cm³/mol. The van der Waals surface area contributed by atoms with Crippen LogP contribution in [0.25, 0.3) is 0 Å². The third-order valence-corrected chi connectivity index (χ3v) is 3.23. The number of nitro benzene ring substituents is 1. The first-order valence-electron chi connectivity index (χ1n) is 6.80. The number of benzene rings is 1. The van der Waals surface area contributed by atoms with Crippen LogP contribution in [0.3, 0.4) is 0 Å². The number of halogens is 1. The Labute approximate surface area is 139 Å². The Kier molecular flexibility index (Phi) is 6.52. The molecule has 0 aliphatic rings. The van der Waals surface area contributed by atoms with Crippen LogP contribution in [0.5, 0.6) is 0 Å². The summed E-state index contributed by atoms with van der Waals surface area (Å²) in [6, 6.07) is 4.57. The number of carbonyl (C=O) groups excluding carboxylic acids is 1. The lowest BCUT2D eigenvalue weighted by atomic mass is 10.1. The molecule has 0 spiro atoms. The Morgan fingerprint density at radius 1 is 1.48 bits per heavy atom. The van der Waals surface area contributed by atoms with E-state index >= 15 is 0 Å². The van der Waals surface area contributed by atoms with Gasteiger partial charge in [-0.15, -0.1) is 12.4 Å². The molecule has 124 valence electrons. The van der Waals surface area contributed by atoms with Crippen LogP contribution in [0, 0.1) is 17.0 Å². The zero-order valence-corrected chi connectivity index (χ0v) is 13.4. The molecule has 1 aromatic heterocycles. The van der Waals surface area contributed by atoms with Crippen LogP contribution in [0.4, 0.5) is 11.6 Å². The highest BCUT2D eigenvalue weighted by atomic mass is 35.5. The summed E-state index contributed by atoms with van der Waals surface area (Å²) in [6.07, 6.45) is 3.00. The minimum Gasteiger partial charge on any atom is -0.369 e. The molecule has 0 atom stereocenters. The third kappa shape index (κ3) is 4.68. The van der Waals surface area contributed by atoms with Crippen LogP contribution >= 0.6 is 12.4 Å². The summed E-state index contributed by atoms with van der Waals surface area (Å²) in [4.78, 5) is 29.4. The van der Waals surface area contributed by atoms with Gasteiger partial charge in [-0.3, -0.25) is 14.9 Å². The van der Waals surface area contributed by atoms with Crippen molar-refractivity contribution in [3.63, 3.8) is 0 Å². The lowest BCUT2D eigenvalue weighted by molar-refractivity contribution is -0.385. The Hall–Kier alpha value is -2.61. The monoisotopic (exact) mass is 339 g/mol. The number of H-pyrrole nitrogens is 1. The van der Waals surface area contributed by atoms with Crippen molar-refractivity contribution >= 4 is 29.9 Å². The molecule has 0 radical (unpaired) electrons. The first kappa shape index (κ1) is 18.4. The van der Waals surface area contributed by atoms with Crippen LogP contribution in [0.1, 0.15) is 28.0 Å². The molecular formula is C14H18ClN5O3. The van der Waals surface area contributed by atoms with Gasteiger partial charge in [-0.1, -0.05) is 12.1 Å². The standard InChI is InChI=1S/C14H17N5O3.ClH/c1-9-4-2-6-11(19(21)22)12(9)13(20)16-7-3-5-10-8-17-14(15)18-10;/h2,4,6,8H,3,5,7H2,1H3,(H,16,20)(H3,15,17,18);1H. The lowest BCUT2D eigenvalue weighted by Gasteiger charge is -2.08. The molecule has 1 heterocycles. The van der Waals surface area contributed by atoms with Crippen molar-refractivity contribution in [2.45, 2.75) is 19.8 Å². The number of nitrogens with two attached hydrogens (primary N) is 1. The fourth-order valence-corrected chi connectivity index (χ4v) is 2.17. The molecule has 1 aromatic carbocycles. The number of nitrogens with one attached hydrogen (secondary N) is 2. The fourth-order valence-electron chi connectivity index (χ4n) is 2.17. The molecule has 0 saturated heterocycles. The number of rotatable bonds is 6. The summed E-state index contributed by atoms with van der Waals surface area (Å²) in [6.45, 7) is 2.08. The van der Waals surface area contributed by atoms with Gasteiger partial charge < -0.3 is 16.0 Å². The SMILES string of the molecule is Cc1cccc([N+](=O)[O-])c1C(=O)NCCCc1cnc(N)[nH]1.Cl. The van der Waals surface area contributed by atoms with Gasteiger partial charge in [0, 0.05) is 18.3 Å². The topological polar surface area (TPSA) is 127 Å². The van der Waals surface area contributed by atoms with E-state index in [1.165, 1.54) is 6.07 Å². The Balaban J connectivity index is 0.00000264. The first-order valence-corrected chi connectivity index (χ1v) is 6.80. The van der Waals surface area contributed by atoms with E-state index in [0.29, 0.717) is 30.9 Å². The molecule has 0 saturated carbocycles. The van der Waals surface area contributed by atoms with Gasteiger partial charge in [0.25, 0.3) is 11.6 Å². The largest absolute Gasteiger partial charge is 0.369 e. The quantitative estimate of drug-likeness (QED) is 0.421. The number of aromatic amines is 1. The summed E-state index contributed by atoms with van der Waals surface area (Å²) >= 11 is 0. The number of carbonyl (C=O) groups is 1. The molecule has 0 aliphatic heterocycles. The molecular weight excluding hydrogens is 322 g/mol. The molecule has 2 rings (SSSR count). The number of nitro groups is 1. The smallest absolute Gasteiger partial charge is 0.282 e. The first-order chi connectivity index (χ1) is 10.5. The van der Waals surface area contributed by atoms with Crippen LogP contribution < -0.4 is 11.1 Å². The number of hydrogen-bond donors (Lipinski definition) is 3. The highest BCUT2D eigenvalue weighted by Crippen LogP contribution is 2.21. The number of amides is 1. The lowest BCUT2D eigenvalue weighted by Crippen LogP contribution is -2.26.